The molecule has 0 saturated carbocycles. The first-order valence-corrected chi connectivity index (χ1v) is 10.1. The van der Waals surface area contributed by atoms with E-state index in [1.807, 2.05) is 54.1 Å². The lowest BCUT2D eigenvalue weighted by atomic mass is 10.1. The average molecular weight is 395 g/mol. The zero-order chi connectivity index (χ0) is 19.5. The van der Waals surface area contributed by atoms with Crippen molar-refractivity contribution in [1.29, 1.82) is 0 Å². The van der Waals surface area contributed by atoms with Crippen LogP contribution in [0.4, 0.5) is 0 Å². The molecule has 6 nitrogen and oxygen atoms in total. The molecule has 0 aliphatic carbocycles. The number of likely N-dealkylation sites (tertiary alicyclic amines) is 1. The average Bonchev–Trinajstić information content (AvgIpc) is 3.25. The monoisotopic (exact) mass is 394 g/mol. The van der Waals surface area contributed by atoms with Gasteiger partial charge in [-0.1, -0.05) is 53.8 Å². The number of carbonyl (C=O) groups is 2. The summed E-state index contributed by atoms with van der Waals surface area (Å²) in [5.74, 6) is -0.525. The molecule has 1 aromatic heterocycles. The molecule has 1 saturated heterocycles. The van der Waals surface area contributed by atoms with Crippen molar-refractivity contribution in [3.63, 3.8) is 0 Å². The first-order valence-electron chi connectivity index (χ1n) is 9.31. The minimum atomic E-state index is -0.355. The summed E-state index contributed by atoms with van der Waals surface area (Å²) in [6.07, 6.45) is 1.04. The van der Waals surface area contributed by atoms with Crippen molar-refractivity contribution in [3.8, 4) is 0 Å². The molecule has 2 amide bonds. The molecule has 0 radical (unpaired) electrons. The van der Waals surface area contributed by atoms with Crippen LogP contribution in [0.25, 0.3) is 10.2 Å². The Morgan fingerprint density at radius 1 is 1.18 bits per heavy atom. The van der Waals surface area contributed by atoms with Gasteiger partial charge in [-0.3, -0.25) is 9.59 Å². The molecule has 4 rings (SSSR count). The van der Waals surface area contributed by atoms with E-state index in [9.17, 15) is 9.59 Å². The first-order chi connectivity index (χ1) is 13.6. The van der Waals surface area contributed by atoms with Gasteiger partial charge in [0.05, 0.1) is 16.1 Å². The Balaban J connectivity index is 1.38. The van der Waals surface area contributed by atoms with E-state index < -0.39 is 0 Å². The highest BCUT2D eigenvalue weighted by Crippen LogP contribution is 2.19. The molecule has 0 spiro atoms. The second-order valence-electron chi connectivity index (χ2n) is 6.98. The number of nitrogens with zero attached hydrogens (tertiary/aromatic N) is 3. The van der Waals surface area contributed by atoms with Crippen molar-refractivity contribution >= 4 is 33.4 Å². The van der Waals surface area contributed by atoms with Gasteiger partial charge in [-0.15, -0.1) is 5.10 Å². The molecular formula is C21H22N4O2S. The van der Waals surface area contributed by atoms with Gasteiger partial charge in [0.2, 0.25) is 16.6 Å². The fraction of sp³-hybridized carbons (Fsp3) is 0.286. The number of nitrogens with one attached hydrogen (secondary N) is 1. The minimum absolute atomic E-state index is 0.0310. The van der Waals surface area contributed by atoms with E-state index in [1.54, 1.807) is 4.90 Å². The Morgan fingerprint density at radius 2 is 1.93 bits per heavy atom. The fourth-order valence-corrected chi connectivity index (χ4v) is 4.43. The van der Waals surface area contributed by atoms with Crippen molar-refractivity contribution in [1.82, 2.24) is 14.9 Å². The third-order valence-corrected chi connectivity index (χ3v) is 6.19. The molecule has 1 fully saturated rings. The van der Waals surface area contributed by atoms with Gasteiger partial charge >= 0.3 is 0 Å². The number of fused-ring (bicyclic) bond motifs is 1. The normalized spacial score (nSPS) is 17.5. The number of hydrogen-bond acceptors (Lipinski definition) is 4. The molecule has 2 heterocycles. The second kappa shape index (κ2) is 7.98. The van der Waals surface area contributed by atoms with Crippen LogP contribution in [0.15, 0.2) is 59.7 Å². The number of benzene rings is 2. The van der Waals surface area contributed by atoms with Crippen molar-refractivity contribution in [2.45, 2.75) is 12.8 Å². The predicted octanol–water partition coefficient (Wildman–Crippen LogP) is 2.26. The van der Waals surface area contributed by atoms with Crippen molar-refractivity contribution < 1.29 is 9.59 Å². The van der Waals surface area contributed by atoms with Gasteiger partial charge in [0.25, 0.3) is 0 Å². The Labute approximate surface area is 167 Å². The molecular weight excluding hydrogens is 372 g/mol. The Hall–Kier alpha value is -2.93. The van der Waals surface area contributed by atoms with Gasteiger partial charge in [0.15, 0.2) is 0 Å². The van der Waals surface area contributed by atoms with Gasteiger partial charge in [-0.05, 0) is 24.1 Å². The summed E-state index contributed by atoms with van der Waals surface area (Å²) in [6, 6.07) is 18.1. The predicted molar refractivity (Wildman–Crippen MR) is 109 cm³/mol. The summed E-state index contributed by atoms with van der Waals surface area (Å²) in [5, 5.41) is 4.28. The second-order valence-corrected chi connectivity index (χ2v) is 7.98. The number of rotatable bonds is 5. The van der Waals surface area contributed by atoms with E-state index in [4.69, 9.17) is 0 Å². The summed E-state index contributed by atoms with van der Waals surface area (Å²) >= 11 is 1.52. The summed E-state index contributed by atoms with van der Waals surface area (Å²) in [6.45, 7) is 1.08. The molecule has 1 N–H and O–H groups in total. The van der Waals surface area contributed by atoms with Gasteiger partial charge in [-0.25, -0.2) is 5.43 Å². The molecule has 2 aromatic carbocycles. The minimum Gasteiger partial charge on any atom is -0.342 e. The zero-order valence-corrected chi connectivity index (χ0v) is 16.5. The smallest absolute Gasteiger partial charge is 0.245 e. The van der Waals surface area contributed by atoms with Gasteiger partial charge in [0.1, 0.15) is 0 Å². The standard InChI is InChI=1S/C21H22N4O2S/c1-24-17-9-5-6-10-18(17)28-21(24)23-22-20(27)16-13-19(26)25(14-16)12-11-15-7-3-2-4-8-15/h2-10,16H,11-14H2,1H3,(H,22,27)/b23-21-. The highest BCUT2D eigenvalue weighted by atomic mass is 32.1. The van der Waals surface area contributed by atoms with E-state index in [0.29, 0.717) is 13.1 Å². The van der Waals surface area contributed by atoms with Crippen LogP contribution in [-0.4, -0.2) is 34.4 Å². The van der Waals surface area contributed by atoms with Crippen LogP contribution in [0.5, 0.6) is 0 Å². The molecule has 3 aromatic rings. The van der Waals surface area contributed by atoms with E-state index in [0.717, 1.165) is 21.4 Å². The number of hydrogen-bond donors (Lipinski definition) is 1. The van der Waals surface area contributed by atoms with Crippen LogP contribution >= 0.6 is 11.3 Å². The van der Waals surface area contributed by atoms with E-state index >= 15 is 0 Å². The zero-order valence-electron chi connectivity index (χ0n) is 15.7. The lowest BCUT2D eigenvalue weighted by Gasteiger charge is -2.16. The number of para-hydroxylation sites is 1. The van der Waals surface area contributed by atoms with Crippen LogP contribution in [0, 0.1) is 5.92 Å². The lowest BCUT2D eigenvalue weighted by Crippen LogP contribution is -2.32. The summed E-state index contributed by atoms with van der Waals surface area (Å²) < 4.78 is 3.06. The third-order valence-electron chi connectivity index (χ3n) is 5.08. The van der Waals surface area contributed by atoms with Gasteiger partial charge in [0, 0.05) is 26.6 Å². The number of amides is 2. The molecule has 7 heteroatoms. The number of aryl methyl sites for hydroxylation is 1. The SMILES string of the molecule is Cn1/c(=N/NC(=O)C2CC(=O)N(CCc3ccccc3)C2)sc2ccccc21. The van der Waals surface area contributed by atoms with E-state index in [1.165, 1.54) is 16.9 Å². The van der Waals surface area contributed by atoms with Gasteiger partial charge < -0.3 is 9.47 Å². The Morgan fingerprint density at radius 3 is 2.71 bits per heavy atom. The number of thiazole rings is 1. The van der Waals surface area contributed by atoms with Crippen molar-refractivity contribution in [2.75, 3.05) is 13.1 Å². The molecule has 1 atom stereocenters. The van der Waals surface area contributed by atoms with Crippen molar-refractivity contribution in [2.24, 2.45) is 18.1 Å². The maximum absolute atomic E-state index is 12.5. The van der Waals surface area contributed by atoms with Crippen LogP contribution in [0.3, 0.4) is 0 Å². The topological polar surface area (TPSA) is 66.7 Å². The Bertz CT molecular complexity index is 1070. The van der Waals surface area contributed by atoms with Gasteiger partial charge in [-0.2, -0.15) is 0 Å². The molecule has 144 valence electrons. The summed E-state index contributed by atoms with van der Waals surface area (Å²) in [4.78, 5) is 27.3. The summed E-state index contributed by atoms with van der Waals surface area (Å²) in [7, 11) is 1.92. The third kappa shape index (κ3) is 3.84. The molecule has 1 aliphatic heterocycles. The molecule has 1 unspecified atom stereocenters. The van der Waals surface area contributed by atoms with Crippen molar-refractivity contribution in [3.05, 3.63) is 65.0 Å². The largest absolute Gasteiger partial charge is 0.342 e. The van der Waals surface area contributed by atoms with Crippen LogP contribution < -0.4 is 10.2 Å². The maximum atomic E-state index is 12.5. The Kier molecular flexibility index (Phi) is 5.25. The quantitative estimate of drug-likeness (QED) is 0.675. The molecule has 0 bridgehead atoms. The van der Waals surface area contributed by atoms with E-state index in [2.05, 4.69) is 22.7 Å². The number of aromatic nitrogens is 1. The van der Waals surface area contributed by atoms with Crippen LogP contribution in [0.2, 0.25) is 0 Å². The van der Waals surface area contributed by atoms with E-state index in [-0.39, 0.29) is 24.2 Å². The highest BCUT2D eigenvalue weighted by molar-refractivity contribution is 7.16. The fourth-order valence-electron chi connectivity index (χ4n) is 3.46. The molecule has 1 aliphatic rings. The van der Waals surface area contributed by atoms with Crippen LogP contribution in [0.1, 0.15) is 12.0 Å². The molecule has 28 heavy (non-hydrogen) atoms. The maximum Gasteiger partial charge on any atom is 0.245 e. The lowest BCUT2D eigenvalue weighted by molar-refractivity contribution is -0.129. The van der Waals surface area contributed by atoms with Crippen LogP contribution in [-0.2, 0) is 23.1 Å². The summed E-state index contributed by atoms with van der Waals surface area (Å²) in [5.41, 5.74) is 4.92. The highest BCUT2D eigenvalue weighted by Gasteiger charge is 2.33. The number of carbonyl (C=O) groups excluding carboxylic acids is 2. The first kappa shape index (κ1) is 18.4.